The van der Waals surface area contributed by atoms with E-state index in [1.165, 1.54) is 24.6 Å². The zero-order valence-electron chi connectivity index (χ0n) is 13.9. The molecule has 2 bridgehead atoms. The van der Waals surface area contributed by atoms with Gasteiger partial charge in [0.15, 0.2) is 5.09 Å². The summed E-state index contributed by atoms with van der Waals surface area (Å²) in [5, 5.41) is 4.01. The number of nitrogens with one attached hydrogen (secondary N) is 1. The lowest BCUT2D eigenvalue weighted by Gasteiger charge is -2.49. The molecule has 132 valence electrons. The average molecular weight is 378 g/mol. The lowest BCUT2D eigenvalue weighted by Crippen LogP contribution is -2.62. The van der Waals surface area contributed by atoms with E-state index in [0.29, 0.717) is 22.6 Å². The maximum Gasteiger partial charge on any atom is 0.293 e. The number of nitrogens with zero attached hydrogens (tertiary/aromatic N) is 2. The van der Waals surface area contributed by atoms with E-state index in [-0.39, 0.29) is 17.3 Å². The van der Waals surface area contributed by atoms with Gasteiger partial charge in [-0.1, -0.05) is 11.8 Å². The molecule has 1 aromatic heterocycles. The molecule has 3 fully saturated rings. The molecule has 3 aliphatic heterocycles. The van der Waals surface area contributed by atoms with Gasteiger partial charge in [0.1, 0.15) is 0 Å². The Bertz CT molecular complexity index is 754. The molecule has 25 heavy (non-hydrogen) atoms. The summed E-state index contributed by atoms with van der Waals surface area (Å²) in [5.41, 5.74) is 0.684. The Kier molecular flexibility index (Phi) is 4.75. The molecule has 2 aromatic rings. The lowest BCUT2D eigenvalue weighted by atomic mass is 9.79. The van der Waals surface area contributed by atoms with Crippen LogP contribution in [0.1, 0.15) is 30.1 Å². The Labute approximate surface area is 156 Å². The van der Waals surface area contributed by atoms with Gasteiger partial charge in [0.05, 0.1) is 6.20 Å². The van der Waals surface area contributed by atoms with Crippen LogP contribution < -0.4 is 5.32 Å². The number of benzene rings is 1. The van der Waals surface area contributed by atoms with Crippen molar-refractivity contribution < 1.29 is 9.21 Å². The van der Waals surface area contributed by atoms with Crippen molar-refractivity contribution in [2.24, 2.45) is 5.92 Å². The molecule has 3 saturated heterocycles. The van der Waals surface area contributed by atoms with Crippen LogP contribution in [0.5, 0.6) is 0 Å². The Morgan fingerprint density at radius 3 is 2.64 bits per heavy atom. The van der Waals surface area contributed by atoms with E-state index in [1.54, 1.807) is 6.20 Å². The second kappa shape index (κ2) is 7.02. The van der Waals surface area contributed by atoms with Gasteiger partial charge in [-0.3, -0.25) is 9.69 Å². The molecule has 0 radical (unpaired) electrons. The van der Waals surface area contributed by atoms with Gasteiger partial charge < -0.3 is 9.73 Å². The normalized spacial score (nSPS) is 28.1. The van der Waals surface area contributed by atoms with Crippen molar-refractivity contribution in [3.8, 4) is 0 Å². The maximum atomic E-state index is 12.6. The number of aromatic nitrogens is 1. The third-order valence-electron chi connectivity index (χ3n) is 5.27. The molecule has 4 heterocycles. The number of hydrogen-bond acceptors (Lipinski definition) is 5. The van der Waals surface area contributed by atoms with Crippen LogP contribution in [0.2, 0.25) is 5.35 Å². The van der Waals surface area contributed by atoms with Crippen molar-refractivity contribution >= 4 is 29.3 Å². The van der Waals surface area contributed by atoms with E-state index >= 15 is 0 Å². The number of oxazole rings is 1. The van der Waals surface area contributed by atoms with E-state index < -0.39 is 0 Å². The second-order valence-corrected chi connectivity index (χ2v) is 8.07. The molecule has 2 atom stereocenters. The molecular formula is C18H20ClN3O2S. The van der Waals surface area contributed by atoms with Crippen LogP contribution >= 0.6 is 23.4 Å². The van der Waals surface area contributed by atoms with E-state index in [9.17, 15) is 4.79 Å². The van der Waals surface area contributed by atoms with Gasteiger partial charge in [-0.15, -0.1) is 0 Å². The highest BCUT2D eigenvalue weighted by Crippen LogP contribution is 2.32. The number of halogens is 1. The van der Waals surface area contributed by atoms with Crippen LogP contribution in [-0.4, -0.2) is 41.0 Å². The first kappa shape index (κ1) is 16.9. The number of amides is 1. The molecule has 7 heteroatoms. The first-order valence-electron chi connectivity index (χ1n) is 8.54. The fourth-order valence-electron chi connectivity index (χ4n) is 3.86. The summed E-state index contributed by atoms with van der Waals surface area (Å²) < 4.78 is 5.24. The third kappa shape index (κ3) is 3.57. The predicted molar refractivity (Wildman–Crippen MR) is 97.1 cm³/mol. The Morgan fingerprint density at radius 1 is 1.32 bits per heavy atom. The number of fused-ring (bicyclic) bond motifs is 3. The molecule has 1 N–H and O–H groups in total. The molecule has 3 aliphatic rings. The minimum atomic E-state index is 0.00450. The fraction of sp³-hybridized carbons (Fsp3) is 0.444. The number of carbonyl (C=O) groups excluding carboxylic acids is 1. The molecule has 5 rings (SSSR count). The summed E-state index contributed by atoms with van der Waals surface area (Å²) in [6.07, 6.45) is 3.96. The molecule has 5 nitrogen and oxygen atoms in total. The zero-order valence-corrected chi connectivity index (χ0v) is 15.5. The number of hydrogen-bond donors (Lipinski definition) is 1. The Hall–Kier alpha value is -1.50. The molecule has 2 unspecified atom stereocenters. The summed E-state index contributed by atoms with van der Waals surface area (Å²) in [5.74, 6) is 0.611. The topological polar surface area (TPSA) is 58.4 Å². The van der Waals surface area contributed by atoms with E-state index in [0.717, 1.165) is 18.0 Å². The van der Waals surface area contributed by atoms with Crippen molar-refractivity contribution in [3.63, 3.8) is 0 Å². The van der Waals surface area contributed by atoms with Crippen molar-refractivity contribution in [1.82, 2.24) is 15.2 Å². The first-order valence-corrected chi connectivity index (χ1v) is 9.74. The maximum absolute atomic E-state index is 12.6. The first-order chi connectivity index (χ1) is 12.1. The quantitative estimate of drug-likeness (QED) is 0.880. The lowest BCUT2D eigenvalue weighted by molar-refractivity contribution is 0.0217. The summed E-state index contributed by atoms with van der Waals surface area (Å²) in [6, 6.07) is 8.19. The van der Waals surface area contributed by atoms with Crippen LogP contribution in [0.15, 0.2) is 44.9 Å². The van der Waals surface area contributed by atoms with Gasteiger partial charge in [0.2, 0.25) is 0 Å². The summed E-state index contributed by atoms with van der Waals surface area (Å²) in [6.45, 7) is 4.55. The predicted octanol–water partition coefficient (Wildman–Crippen LogP) is 3.69. The third-order valence-corrected chi connectivity index (χ3v) is 6.34. The van der Waals surface area contributed by atoms with Crippen molar-refractivity contribution in [2.45, 2.75) is 41.8 Å². The number of rotatable bonds is 4. The highest BCUT2D eigenvalue weighted by Gasteiger charge is 2.40. The van der Waals surface area contributed by atoms with Crippen LogP contribution in [0, 0.1) is 5.92 Å². The average Bonchev–Trinajstić information content (AvgIpc) is 3.04. The van der Waals surface area contributed by atoms with E-state index in [1.807, 2.05) is 24.3 Å². The standard InChI is InChI=1S/C18H20ClN3O2S/c1-11-16(12-6-8-22(11)9-7-12)21-17(23)13-2-4-14(5-3-13)25-15-10-20-18(19)24-15/h2-5,10-12,16H,6-9H2,1H3,(H,21,23). The Balaban J connectivity index is 1.40. The van der Waals surface area contributed by atoms with Crippen molar-refractivity contribution in [1.29, 1.82) is 0 Å². The van der Waals surface area contributed by atoms with Gasteiger partial charge in [-0.05, 0) is 74.6 Å². The fourth-order valence-corrected chi connectivity index (χ4v) is 4.76. The van der Waals surface area contributed by atoms with Crippen molar-refractivity contribution in [3.05, 3.63) is 41.4 Å². The highest BCUT2D eigenvalue weighted by molar-refractivity contribution is 7.99. The SMILES string of the molecule is CC1C(NC(=O)c2ccc(Sc3cnc(Cl)o3)cc2)C2CCN1CC2. The molecule has 0 spiro atoms. The van der Waals surface area contributed by atoms with Gasteiger partial charge in [-0.2, -0.15) is 0 Å². The monoisotopic (exact) mass is 377 g/mol. The molecule has 1 aromatic carbocycles. The van der Waals surface area contributed by atoms with Gasteiger partial charge in [0, 0.05) is 22.5 Å². The highest BCUT2D eigenvalue weighted by atomic mass is 35.5. The van der Waals surface area contributed by atoms with E-state index in [4.69, 9.17) is 16.0 Å². The van der Waals surface area contributed by atoms with Gasteiger partial charge >= 0.3 is 0 Å². The second-order valence-electron chi connectivity index (χ2n) is 6.67. The summed E-state index contributed by atoms with van der Waals surface area (Å²) in [7, 11) is 0. The van der Waals surface area contributed by atoms with Gasteiger partial charge in [0.25, 0.3) is 11.3 Å². The molecular weight excluding hydrogens is 358 g/mol. The summed E-state index contributed by atoms with van der Waals surface area (Å²) >= 11 is 7.10. The van der Waals surface area contributed by atoms with Crippen LogP contribution in [0.3, 0.4) is 0 Å². The zero-order chi connectivity index (χ0) is 17.4. The van der Waals surface area contributed by atoms with Crippen LogP contribution in [0.4, 0.5) is 0 Å². The summed E-state index contributed by atoms with van der Waals surface area (Å²) in [4.78, 5) is 19.9. The number of piperidine rings is 3. The van der Waals surface area contributed by atoms with Crippen molar-refractivity contribution in [2.75, 3.05) is 13.1 Å². The van der Waals surface area contributed by atoms with Gasteiger partial charge in [-0.25, -0.2) is 4.98 Å². The Morgan fingerprint density at radius 2 is 2.04 bits per heavy atom. The van der Waals surface area contributed by atoms with Crippen LogP contribution in [-0.2, 0) is 0 Å². The molecule has 1 amide bonds. The smallest absolute Gasteiger partial charge is 0.293 e. The minimum Gasteiger partial charge on any atom is -0.421 e. The molecule has 0 aliphatic carbocycles. The minimum absolute atomic E-state index is 0.00450. The van der Waals surface area contributed by atoms with E-state index in [2.05, 4.69) is 22.1 Å². The van der Waals surface area contributed by atoms with Crippen LogP contribution in [0.25, 0.3) is 0 Å². The number of carbonyl (C=O) groups is 1. The largest absolute Gasteiger partial charge is 0.421 e. The molecule has 0 saturated carbocycles.